The van der Waals surface area contributed by atoms with Crippen molar-refractivity contribution < 1.29 is 9.53 Å². The number of carbonyl (C=O) groups is 1. The van der Waals surface area contributed by atoms with Crippen molar-refractivity contribution in [3.8, 4) is 0 Å². The molecular weight excluding hydrogens is 404 g/mol. The monoisotopic (exact) mass is 466 g/mol. The highest BCUT2D eigenvalue weighted by Crippen LogP contribution is 2.22. The Morgan fingerprint density at radius 3 is 1.27 bits per heavy atom. The van der Waals surface area contributed by atoms with Crippen molar-refractivity contribution in [2.45, 2.75) is 181 Å². The molecule has 0 fully saturated rings. The van der Waals surface area contributed by atoms with Gasteiger partial charge in [0.05, 0.1) is 6.61 Å². The lowest BCUT2D eigenvalue weighted by atomic mass is 9.91. The zero-order valence-electron chi connectivity index (χ0n) is 23.3. The van der Waals surface area contributed by atoms with Gasteiger partial charge in [0.1, 0.15) is 0 Å². The SMILES string of the molecule is CCCCCCCCCCC(CCCCCCCC)CCOC(=O)CCCCCCCCC. The average molecular weight is 467 g/mol. The Morgan fingerprint density at radius 1 is 0.485 bits per heavy atom. The highest BCUT2D eigenvalue weighted by Gasteiger charge is 2.11. The summed E-state index contributed by atoms with van der Waals surface area (Å²) < 4.78 is 5.62. The lowest BCUT2D eigenvalue weighted by Gasteiger charge is -2.17. The van der Waals surface area contributed by atoms with Gasteiger partial charge >= 0.3 is 5.97 Å². The van der Waals surface area contributed by atoms with E-state index in [4.69, 9.17) is 4.74 Å². The second-order valence-corrected chi connectivity index (χ2v) is 10.6. The molecule has 0 spiro atoms. The molecule has 0 aromatic heterocycles. The molecule has 198 valence electrons. The van der Waals surface area contributed by atoms with Crippen molar-refractivity contribution in [1.29, 1.82) is 0 Å². The molecule has 0 saturated heterocycles. The van der Waals surface area contributed by atoms with E-state index in [0.29, 0.717) is 13.0 Å². The molecule has 0 aromatic carbocycles. The van der Waals surface area contributed by atoms with Gasteiger partial charge in [-0.1, -0.05) is 162 Å². The first-order valence-corrected chi connectivity index (χ1v) is 15.4. The van der Waals surface area contributed by atoms with Crippen molar-refractivity contribution in [3.05, 3.63) is 0 Å². The molecule has 33 heavy (non-hydrogen) atoms. The number of esters is 1. The van der Waals surface area contributed by atoms with Gasteiger partial charge in [-0.25, -0.2) is 0 Å². The van der Waals surface area contributed by atoms with Crippen LogP contribution in [0.15, 0.2) is 0 Å². The van der Waals surface area contributed by atoms with Crippen LogP contribution < -0.4 is 0 Å². The molecule has 0 aliphatic heterocycles. The number of hydrogen-bond donors (Lipinski definition) is 0. The summed E-state index contributed by atoms with van der Waals surface area (Å²) in [5.41, 5.74) is 0. The fourth-order valence-electron chi connectivity index (χ4n) is 4.85. The van der Waals surface area contributed by atoms with Crippen molar-refractivity contribution in [1.82, 2.24) is 0 Å². The summed E-state index contributed by atoms with van der Waals surface area (Å²) in [5.74, 6) is 0.789. The summed E-state index contributed by atoms with van der Waals surface area (Å²) in [7, 11) is 0. The van der Waals surface area contributed by atoms with Gasteiger partial charge in [0.2, 0.25) is 0 Å². The largest absolute Gasteiger partial charge is 0.466 e. The van der Waals surface area contributed by atoms with E-state index >= 15 is 0 Å². The molecule has 0 rings (SSSR count). The lowest BCUT2D eigenvalue weighted by Crippen LogP contribution is -2.10. The van der Waals surface area contributed by atoms with Crippen molar-refractivity contribution in [3.63, 3.8) is 0 Å². The van der Waals surface area contributed by atoms with Gasteiger partial charge in [-0.15, -0.1) is 0 Å². The third kappa shape index (κ3) is 25.9. The summed E-state index contributed by atoms with van der Waals surface area (Å²) in [6.07, 6.45) is 32.5. The second kappa shape index (κ2) is 27.7. The Balaban J connectivity index is 3.94. The van der Waals surface area contributed by atoms with Crippen LogP contribution in [0.4, 0.5) is 0 Å². The minimum Gasteiger partial charge on any atom is -0.466 e. The molecule has 0 aliphatic carbocycles. The molecule has 1 atom stereocenters. The minimum atomic E-state index is 0.0361. The normalized spacial score (nSPS) is 12.2. The van der Waals surface area contributed by atoms with E-state index in [1.165, 1.54) is 141 Å². The van der Waals surface area contributed by atoms with Gasteiger partial charge in [-0.05, 0) is 18.8 Å². The first-order valence-electron chi connectivity index (χ1n) is 15.4. The van der Waals surface area contributed by atoms with E-state index < -0.39 is 0 Å². The maximum Gasteiger partial charge on any atom is 0.305 e. The first kappa shape index (κ1) is 32.5. The highest BCUT2D eigenvalue weighted by molar-refractivity contribution is 5.69. The standard InChI is InChI=1S/C31H62O2/c1-4-7-10-13-16-18-20-23-26-30(25-22-19-15-12-9-6-3)28-29-33-31(32)27-24-21-17-14-11-8-5-2/h30H,4-29H2,1-3H3. The first-order chi connectivity index (χ1) is 16.2. The number of rotatable bonds is 27. The van der Waals surface area contributed by atoms with Crippen LogP contribution in [-0.4, -0.2) is 12.6 Å². The zero-order valence-corrected chi connectivity index (χ0v) is 23.3. The predicted octanol–water partition coefficient (Wildman–Crippen LogP) is 11.0. The van der Waals surface area contributed by atoms with Crippen molar-refractivity contribution >= 4 is 5.97 Å². The molecule has 0 saturated carbocycles. The van der Waals surface area contributed by atoms with Gasteiger partial charge < -0.3 is 4.74 Å². The van der Waals surface area contributed by atoms with E-state index in [2.05, 4.69) is 20.8 Å². The maximum absolute atomic E-state index is 12.1. The molecular formula is C31H62O2. The number of unbranched alkanes of at least 4 members (excludes halogenated alkanes) is 18. The second-order valence-electron chi connectivity index (χ2n) is 10.6. The maximum atomic E-state index is 12.1. The van der Waals surface area contributed by atoms with Crippen LogP contribution in [0.5, 0.6) is 0 Å². The van der Waals surface area contributed by atoms with Crippen LogP contribution in [0.1, 0.15) is 181 Å². The Hall–Kier alpha value is -0.530. The zero-order chi connectivity index (χ0) is 24.2. The van der Waals surface area contributed by atoms with Gasteiger partial charge in [0.15, 0.2) is 0 Å². The fraction of sp³-hybridized carbons (Fsp3) is 0.968. The third-order valence-electron chi connectivity index (χ3n) is 7.21. The Bertz CT molecular complexity index is 379. The summed E-state index contributed by atoms with van der Waals surface area (Å²) >= 11 is 0. The van der Waals surface area contributed by atoms with Gasteiger partial charge in [-0.3, -0.25) is 4.79 Å². The molecule has 0 radical (unpaired) electrons. The molecule has 0 aromatic rings. The van der Waals surface area contributed by atoms with E-state index in [0.717, 1.165) is 18.8 Å². The van der Waals surface area contributed by atoms with Gasteiger partial charge in [0, 0.05) is 6.42 Å². The smallest absolute Gasteiger partial charge is 0.305 e. The minimum absolute atomic E-state index is 0.0361. The van der Waals surface area contributed by atoms with Crippen LogP contribution in [0.2, 0.25) is 0 Å². The van der Waals surface area contributed by atoms with Crippen molar-refractivity contribution in [2.75, 3.05) is 6.61 Å². The van der Waals surface area contributed by atoms with Crippen LogP contribution in [-0.2, 0) is 9.53 Å². The predicted molar refractivity (Wildman–Crippen MR) is 147 cm³/mol. The summed E-state index contributed by atoms with van der Waals surface area (Å²) in [5, 5.41) is 0. The van der Waals surface area contributed by atoms with Crippen LogP contribution in [0.3, 0.4) is 0 Å². The average Bonchev–Trinajstić information content (AvgIpc) is 2.82. The van der Waals surface area contributed by atoms with E-state index in [-0.39, 0.29) is 5.97 Å². The quantitative estimate of drug-likeness (QED) is 0.0888. The lowest BCUT2D eigenvalue weighted by molar-refractivity contribution is -0.144. The van der Waals surface area contributed by atoms with E-state index in [1.807, 2.05) is 0 Å². The molecule has 0 aliphatic rings. The van der Waals surface area contributed by atoms with Crippen LogP contribution >= 0.6 is 0 Å². The topological polar surface area (TPSA) is 26.3 Å². The molecule has 2 nitrogen and oxygen atoms in total. The van der Waals surface area contributed by atoms with E-state index in [9.17, 15) is 4.79 Å². The summed E-state index contributed by atoms with van der Waals surface area (Å²) in [6, 6.07) is 0. The molecule has 0 N–H and O–H groups in total. The Labute approximate surface area is 209 Å². The van der Waals surface area contributed by atoms with Gasteiger partial charge in [-0.2, -0.15) is 0 Å². The van der Waals surface area contributed by atoms with E-state index in [1.54, 1.807) is 0 Å². The highest BCUT2D eigenvalue weighted by atomic mass is 16.5. The van der Waals surface area contributed by atoms with Gasteiger partial charge in [0.25, 0.3) is 0 Å². The number of hydrogen-bond acceptors (Lipinski definition) is 2. The number of carbonyl (C=O) groups excluding carboxylic acids is 1. The Kier molecular flexibility index (Phi) is 27.3. The van der Waals surface area contributed by atoms with Crippen molar-refractivity contribution in [2.24, 2.45) is 5.92 Å². The van der Waals surface area contributed by atoms with Crippen LogP contribution in [0.25, 0.3) is 0 Å². The van der Waals surface area contributed by atoms with Crippen LogP contribution in [0, 0.1) is 5.92 Å². The Morgan fingerprint density at radius 2 is 0.848 bits per heavy atom. The molecule has 0 bridgehead atoms. The molecule has 1 unspecified atom stereocenters. The fourth-order valence-corrected chi connectivity index (χ4v) is 4.85. The molecule has 0 amide bonds. The summed E-state index contributed by atoms with van der Waals surface area (Å²) in [6.45, 7) is 7.47. The molecule has 2 heteroatoms. The third-order valence-corrected chi connectivity index (χ3v) is 7.21. The number of ether oxygens (including phenoxy) is 1. The molecule has 0 heterocycles. The summed E-state index contributed by atoms with van der Waals surface area (Å²) in [4.78, 5) is 12.1.